The van der Waals surface area contributed by atoms with E-state index in [2.05, 4.69) is 57.6 Å². The minimum atomic E-state index is -0.344. The number of nitrogens with one attached hydrogen (secondary N) is 1. The van der Waals surface area contributed by atoms with Crippen LogP contribution in [0.3, 0.4) is 0 Å². The van der Waals surface area contributed by atoms with Gasteiger partial charge in [0.25, 0.3) is 5.91 Å². The number of ether oxygens (including phenoxy) is 1. The SMILES string of the molecule is O=CC(c1ccc2c(c1)NC(=O)CO2)N1CCN(c2cccc3ccccc23)CC1. The molecule has 0 bridgehead atoms. The van der Waals surface area contributed by atoms with E-state index in [0.717, 1.165) is 38.0 Å². The monoisotopic (exact) mass is 401 g/mol. The predicted octanol–water partition coefficient (Wildman–Crippen LogP) is 3.23. The van der Waals surface area contributed by atoms with Crippen LogP contribution in [-0.4, -0.2) is 49.9 Å². The van der Waals surface area contributed by atoms with Crippen LogP contribution in [0.4, 0.5) is 11.4 Å². The van der Waals surface area contributed by atoms with Gasteiger partial charge in [-0.2, -0.15) is 0 Å². The lowest BCUT2D eigenvalue weighted by Crippen LogP contribution is -2.48. The topological polar surface area (TPSA) is 61.9 Å². The number of anilines is 2. The summed E-state index contributed by atoms with van der Waals surface area (Å²) in [6, 6.07) is 20.1. The van der Waals surface area contributed by atoms with E-state index in [1.165, 1.54) is 16.5 Å². The number of aldehydes is 1. The number of piperazine rings is 1. The lowest BCUT2D eigenvalue weighted by molar-refractivity contribution is -0.118. The average Bonchev–Trinajstić information content (AvgIpc) is 2.79. The van der Waals surface area contributed by atoms with Crippen molar-refractivity contribution in [2.75, 3.05) is 43.0 Å². The second-order valence-corrected chi connectivity index (χ2v) is 7.69. The highest BCUT2D eigenvalue weighted by Gasteiger charge is 2.27. The summed E-state index contributed by atoms with van der Waals surface area (Å²) >= 11 is 0. The van der Waals surface area contributed by atoms with Crippen LogP contribution in [0.25, 0.3) is 10.8 Å². The van der Waals surface area contributed by atoms with Gasteiger partial charge in [-0.25, -0.2) is 0 Å². The molecular formula is C24H23N3O3. The molecule has 1 N–H and O–H groups in total. The second-order valence-electron chi connectivity index (χ2n) is 7.69. The maximum Gasteiger partial charge on any atom is 0.262 e. The van der Waals surface area contributed by atoms with E-state index < -0.39 is 0 Å². The third-order valence-electron chi connectivity index (χ3n) is 5.92. The number of amides is 1. The summed E-state index contributed by atoms with van der Waals surface area (Å²) in [4.78, 5) is 28.2. The number of fused-ring (bicyclic) bond motifs is 2. The van der Waals surface area contributed by atoms with Gasteiger partial charge in [-0.05, 0) is 29.1 Å². The Morgan fingerprint density at radius 2 is 1.77 bits per heavy atom. The van der Waals surface area contributed by atoms with Crippen molar-refractivity contribution in [3.63, 3.8) is 0 Å². The van der Waals surface area contributed by atoms with Crippen molar-refractivity contribution in [3.05, 3.63) is 66.2 Å². The lowest BCUT2D eigenvalue weighted by Gasteiger charge is -2.39. The van der Waals surface area contributed by atoms with E-state index in [1.54, 1.807) is 0 Å². The van der Waals surface area contributed by atoms with Crippen molar-refractivity contribution >= 4 is 34.3 Å². The third kappa shape index (κ3) is 3.39. The first-order chi connectivity index (χ1) is 14.7. The molecule has 1 amide bonds. The van der Waals surface area contributed by atoms with Crippen molar-refractivity contribution in [3.8, 4) is 5.75 Å². The average molecular weight is 401 g/mol. The number of carbonyl (C=O) groups excluding carboxylic acids is 2. The molecule has 5 rings (SSSR count). The summed E-state index contributed by atoms with van der Waals surface area (Å²) in [5, 5.41) is 5.31. The maximum absolute atomic E-state index is 12.0. The van der Waals surface area contributed by atoms with E-state index in [4.69, 9.17) is 4.74 Å². The second kappa shape index (κ2) is 7.80. The number of carbonyl (C=O) groups is 2. The standard InChI is InChI=1S/C24H23N3O3/c28-15-22(18-8-9-23-20(14-18)25-24(29)16-30-23)27-12-10-26(11-13-27)21-7-3-5-17-4-1-2-6-19(17)21/h1-9,14-15,22H,10-13,16H2,(H,25,29). The van der Waals surface area contributed by atoms with Crippen LogP contribution < -0.4 is 15.0 Å². The summed E-state index contributed by atoms with van der Waals surface area (Å²) in [5.41, 5.74) is 2.74. The van der Waals surface area contributed by atoms with E-state index in [9.17, 15) is 9.59 Å². The minimum Gasteiger partial charge on any atom is -0.482 e. The molecule has 1 unspecified atom stereocenters. The van der Waals surface area contributed by atoms with E-state index in [1.807, 2.05) is 18.2 Å². The molecule has 6 nitrogen and oxygen atoms in total. The van der Waals surface area contributed by atoms with Crippen molar-refractivity contribution in [1.29, 1.82) is 0 Å². The van der Waals surface area contributed by atoms with Crippen molar-refractivity contribution in [2.45, 2.75) is 6.04 Å². The normalized spacial score (nSPS) is 17.7. The summed E-state index contributed by atoms with van der Waals surface area (Å²) in [5.74, 6) is 0.467. The number of hydrogen-bond donors (Lipinski definition) is 1. The highest BCUT2D eigenvalue weighted by molar-refractivity contribution is 5.96. The molecule has 0 aliphatic carbocycles. The molecule has 0 spiro atoms. The Morgan fingerprint density at radius 3 is 2.60 bits per heavy atom. The third-order valence-corrected chi connectivity index (χ3v) is 5.92. The molecule has 1 atom stereocenters. The van der Waals surface area contributed by atoms with Crippen LogP contribution >= 0.6 is 0 Å². The Bertz CT molecular complexity index is 1100. The zero-order chi connectivity index (χ0) is 20.5. The first-order valence-corrected chi connectivity index (χ1v) is 10.2. The fraction of sp³-hybridized carbons (Fsp3) is 0.250. The van der Waals surface area contributed by atoms with Gasteiger partial charge in [0, 0.05) is 37.3 Å². The van der Waals surface area contributed by atoms with E-state index in [0.29, 0.717) is 11.4 Å². The van der Waals surface area contributed by atoms with Gasteiger partial charge in [-0.15, -0.1) is 0 Å². The first-order valence-electron chi connectivity index (χ1n) is 10.2. The van der Waals surface area contributed by atoms with Crippen LogP contribution in [0.5, 0.6) is 5.75 Å². The van der Waals surface area contributed by atoms with Crippen LogP contribution in [0.2, 0.25) is 0 Å². The molecule has 6 heteroatoms. The lowest BCUT2D eigenvalue weighted by atomic mass is 10.0. The van der Waals surface area contributed by atoms with E-state index in [-0.39, 0.29) is 18.6 Å². The minimum absolute atomic E-state index is 0.0274. The molecule has 3 aromatic rings. The number of rotatable bonds is 4. The van der Waals surface area contributed by atoms with Crippen LogP contribution in [0.1, 0.15) is 11.6 Å². The van der Waals surface area contributed by atoms with Gasteiger partial charge in [0.05, 0.1) is 11.7 Å². The van der Waals surface area contributed by atoms with E-state index >= 15 is 0 Å². The molecule has 152 valence electrons. The molecular weight excluding hydrogens is 378 g/mol. The van der Waals surface area contributed by atoms with Gasteiger partial charge in [0.1, 0.15) is 12.0 Å². The molecule has 1 saturated heterocycles. The van der Waals surface area contributed by atoms with Gasteiger partial charge in [0.15, 0.2) is 6.61 Å². The first kappa shape index (κ1) is 18.6. The highest BCUT2D eigenvalue weighted by atomic mass is 16.5. The zero-order valence-corrected chi connectivity index (χ0v) is 16.6. The van der Waals surface area contributed by atoms with Crippen LogP contribution in [0.15, 0.2) is 60.7 Å². The molecule has 0 saturated carbocycles. The smallest absolute Gasteiger partial charge is 0.262 e. The van der Waals surface area contributed by atoms with Gasteiger partial charge < -0.3 is 19.7 Å². The quantitative estimate of drug-likeness (QED) is 0.680. The molecule has 2 heterocycles. The summed E-state index contributed by atoms with van der Waals surface area (Å²) in [7, 11) is 0. The predicted molar refractivity (Wildman–Crippen MR) is 117 cm³/mol. The zero-order valence-electron chi connectivity index (χ0n) is 16.6. The molecule has 1 fully saturated rings. The van der Waals surface area contributed by atoms with Gasteiger partial charge in [-0.3, -0.25) is 9.69 Å². The number of hydrogen-bond acceptors (Lipinski definition) is 5. The Labute approximate surface area is 175 Å². The molecule has 0 radical (unpaired) electrons. The van der Waals surface area contributed by atoms with Crippen LogP contribution in [0, 0.1) is 0 Å². The Kier molecular flexibility index (Phi) is 4.85. The maximum atomic E-state index is 12.0. The summed E-state index contributed by atoms with van der Waals surface area (Å²) in [6.45, 7) is 3.30. The Hall–Kier alpha value is -3.38. The van der Waals surface area contributed by atoms with Gasteiger partial charge >= 0.3 is 0 Å². The van der Waals surface area contributed by atoms with Gasteiger partial charge in [0.2, 0.25) is 0 Å². The molecule has 2 aliphatic rings. The Balaban J connectivity index is 1.33. The van der Waals surface area contributed by atoms with Gasteiger partial charge in [-0.1, -0.05) is 42.5 Å². The molecule has 2 aliphatic heterocycles. The van der Waals surface area contributed by atoms with Crippen LogP contribution in [-0.2, 0) is 9.59 Å². The fourth-order valence-corrected chi connectivity index (χ4v) is 4.39. The summed E-state index contributed by atoms with van der Waals surface area (Å²) in [6.07, 6.45) is 0.987. The Morgan fingerprint density at radius 1 is 0.967 bits per heavy atom. The molecule has 30 heavy (non-hydrogen) atoms. The highest BCUT2D eigenvalue weighted by Crippen LogP contribution is 2.33. The van der Waals surface area contributed by atoms with Crippen molar-refractivity contribution < 1.29 is 14.3 Å². The number of nitrogens with zero attached hydrogens (tertiary/aromatic N) is 2. The van der Waals surface area contributed by atoms with Crippen molar-refractivity contribution in [2.24, 2.45) is 0 Å². The number of benzene rings is 3. The largest absolute Gasteiger partial charge is 0.482 e. The van der Waals surface area contributed by atoms with Crippen molar-refractivity contribution in [1.82, 2.24) is 4.90 Å². The molecule has 0 aromatic heterocycles. The fourth-order valence-electron chi connectivity index (χ4n) is 4.39. The summed E-state index contributed by atoms with van der Waals surface area (Å²) < 4.78 is 5.43. The molecule has 3 aromatic carbocycles.